The van der Waals surface area contributed by atoms with Crippen molar-refractivity contribution >= 4 is 16.9 Å². The minimum Gasteiger partial charge on any atom is -0.475 e. The topological polar surface area (TPSA) is 74.9 Å². The van der Waals surface area contributed by atoms with Gasteiger partial charge in [-0.15, -0.1) is 0 Å². The number of hydrazine groups is 1. The predicted octanol–water partition coefficient (Wildman–Crippen LogP) is 1.47. The summed E-state index contributed by atoms with van der Waals surface area (Å²) in [5, 5.41) is 12.1. The molecule has 0 spiro atoms. The van der Waals surface area contributed by atoms with Crippen LogP contribution >= 0.6 is 0 Å². The van der Waals surface area contributed by atoms with Gasteiger partial charge in [0, 0.05) is 30.6 Å². The SMILES string of the molecule is O=C(O)c1oc2ccccc2c1CNN1CCOCC1. The number of morpholine rings is 1. The summed E-state index contributed by atoms with van der Waals surface area (Å²) in [6.45, 7) is 3.38. The van der Waals surface area contributed by atoms with Crippen LogP contribution in [0.1, 0.15) is 16.1 Å². The van der Waals surface area contributed by atoms with Crippen molar-refractivity contribution in [1.82, 2.24) is 10.4 Å². The maximum atomic E-state index is 11.3. The van der Waals surface area contributed by atoms with Crippen LogP contribution in [0.3, 0.4) is 0 Å². The van der Waals surface area contributed by atoms with Gasteiger partial charge in [-0.3, -0.25) is 5.43 Å². The molecule has 106 valence electrons. The summed E-state index contributed by atoms with van der Waals surface area (Å²) >= 11 is 0. The average molecular weight is 276 g/mol. The van der Waals surface area contributed by atoms with Gasteiger partial charge in [-0.2, -0.15) is 0 Å². The molecule has 6 nitrogen and oxygen atoms in total. The first kappa shape index (κ1) is 13.1. The molecule has 2 heterocycles. The van der Waals surface area contributed by atoms with Gasteiger partial charge in [0.2, 0.25) is 5.76 Å². The number of fused-ring (bicyclic) bond motifs is 1. The lowest BCUT2D eigenvalue weighted by Gasteiger charge is -2.27. The minimum absolute atomic E-state index is 0.00644. The molecule has 2 N–H and O–H groups in total. The smallest absolute Gasteiger partial charge is 0.372 e. The molecule has 20 heavy (non-hydrogen) atoms. The Morgan fingerprint density at radius 2 is 2.05 bits per heavy atom. The fourth-order valence-corrected chi connectivity index (χ4v) is 2.36. The van der Waals surface area contributed by atoms with Gasteiger partial charge in [0.05, 0.1) is 13.2 Å². The molecule has 1 saturated heterocycles. The lowest BCUT2D eigenvalue weighted by molar-refractivity contribution is 0.0105. The van der Waals surface area contributed by atoms with E-state index < -0.39 is 5.97 Å². The second-order valence-electron chi connectivity index (χ2n) is 4.65. The van der Waals surface area contributed by atoms with E-state index in [2.05, 4.69) is 5.43 Å². The molecule has 0 bridgehead atoms. The number of aromatic carboxylic acids is 1. The highest BCUT2D eigenvalue weighted by molar-refractivity contribution is 5.95. The van der Waals surface area contributed by atoms with E-state index in [1.165, 1.54) is 0 Å². The highest BCUT2D eigenvalue weighted by atomic mass is 16.5. The molecule has 0 saturated carbocycles. The van der Waals surface area contributed by atoms with Crippen molar-refractivity contribution in [2.75, 3.05) is 26.3 Å². The first-order valence-electron chi connectivity index (χ1n) is 6.55. The third-order valence-corrected chi connectivity index (χ3v) is 3.38. The third-order valence-electron chi connectivity index (χ3n) is 3.38. The Bertz CT molecular complexity index is 617. The maximum absolute atomic E-state index is 11.3. The molecule has 0 amide bonds. The van der Waals surface area contributed by atoms with E-state index in [1.807, 2.05) is 23.2 Å². The van der Waals surface area contributed by atoms with Gasteiger partial charge in [-0.05, 0) is 6.07 Å². The van der Waals surface area contributed by atoms with E-state index in [9.17, 15) is 9.90 Å². The number of furan rings is 1. The second-order valence-corrected chi connectivity index (χ2v) is 4.65. The molecule has 3 rings (SSSR count). The van der Waals surface area contributed by atoms with Crippen LogP contribution in [0.5, 0.6) is 0 Å². The summed E-state index contributed by atoms with van der Waals surface area (Å²) in [4.78, 5) is 11.3. The summed E-state index contributed by atoms with van der Waals surface area (Å²) in [7, 11) is 0. The van der Waals surface area contributed by atoms with Crippen LogP contribution in [-0.4, -0.2) is 42.4 Å². The second kappa shape index (κ2) is 5.62. The molecule has 0 aliphatic carbocycles. The molecular weight excluding hydrogens is 260 g/mol. The van der Waals surface area contributed by atoms with E-state index in [0.717, 1.165) is 18.5 Å². The normalized spacial score (nSPS) is 16.6. The molecule has 1 aliphatic heterocycles. The van der Waals surface area contributed by atoms with Crippen molar-refractivity contribution in [3.63, 3.8) is 0 Å². The number of nitrogens with zero attached hydrogens (tertiary/aromatic N) is 1. The van der Waals surface area contributed by atoms with Crippen molar-refractivity contribution in [1.29, 1.82) is 0 Å². The summed E-state index contributed by atoms with van der Waals surface area (Å²) in [5.41, 5.74) is 4.52. The lowest BCUT2D eigenvalue weighted by atomic mass is 10.1. The molecule has 1 fully saturated rings. The Balaban J connectivity index is 1.84. The van der Waals surface area contributed by atoms with E-state index in [0.29, 0.717) is 30.9 Å². The monoisotopic (exact) mass is 276 g/mol. The number of benzene rings is 1. The molecular formula is C14H16N2O4. The molecule has 2 aromatic rings. The van der Waals surface area contributed by atoms with Crippen molar-refractivity contribution in [2.45, 2.75) is 6.54 Å². The number of carboxylic acid groups (broad SMARTS) is 1. The number of rotatable bonds is 4. The Hall–Kier alpha value is -1.89. The highest BCUT2D eigenvalue weighted by Gasteiger charge is 2.20. The van der Waals surface area contributed by atoms with Crippen LogP contribution in [0.4, 0.5) is 0 Å². The summed E-state index contributed by atoms with van der Waals surface area (Å²) in [6, 6.07) is 7.36. The average Bonchev–Trinajstić information content (AvgIpc) is 2.85. The zero-order chi connectivity index (χ0) is 13.9. The summed E-state index contributed by atoms with van der Waals surface area (Å²) in [6.07, 6.45) is 0. The fraction of sp³-hybridized carbons (Fsp3) is 0.357. The quantitative estimate of drug-likeness (QED) is 0.880. The van der Waals surface area contributed by atoms with Gasteiger partial charge in [0.1, 0.15) is 5.58 Å². The molecule has 0 radical (unpaired) electrons. The lowest BCUT2D eigenvalue weighted by Crippen LogP contribution is -2.45. The van der Waals surface area contributed by atoms with Gasteiger partial charge in [-0.25, -0.2) is 9.80 Å². The Kier molecular flexibility index (Phi) is 3.68. The van der Waals surface area contributed by atoms with Crippen molar-refractivity contribution in [3.8, 4) is 0 Å². The number of carboxylic acids is 1. The molecule has 6 heteroatoms. The minimum atomic E-state index is -1.04. The zero-order valence-corrected chi connectivity index (χ0v) is 11.0. The van der Waals surface area contributed by atoms with Crippen LogP contribution in [0.2, 0.25) is 0 Å². The molecule has 1 aromatic heterocycles. The van der Waals surface area contributed by atoms with Crippen molar-refractivity contribution < 1.29 is 19.1 Å². The van der Waals surface area contributed by atoms with E-state index >= 15 is 0 Å². The van der Waals surface area contributed by atoms with E-state index in [4.69, 9.17) is 9.15 Å². The molecule has 1 aromatic carbocycles. The third kappa shape index (κ3) is 2.53. The Morgan fingerprint density at radius 1 is 1.30 bits per heavy atom. The van der Waals surface area contributed by atoms with Crippen LogP contribution in [-0.2, 0) is 11.3 Å². The van der Waals surface area contributed by atoms with Gasteiger partial charge < -0.3 is 14.3 Å². The van der Waals surface area contributed by atoms with Crippen LogP contribution in [0.15, 0.2) is 28.7 Å². The number of para-hydroxylation sites is 1. The largest absolute Gasteiger partial charge is 0.475 e. The maximum Gasteiger partial charge on any atom is 0.372 e. The van der Waals surface area contributed by atoms with Gasteiger partial charge in [0.15, 0.2) is 0 Å². The molecule has 0 atom stereocenters. The molecule has 0 unspecified atom stereocenters. The van der Waals surface area contributed by atoms with Gasteiger partial charge >= 0.3 is 5.97 Å². The fourth-order valence-electron chi connectivity index (χ4n) is 2.36. The predicted molar refractivity (Wildman–Crippen MR) is 72.4 cm³/mol. The Labute approximate surface area is 115 Å². The number of hydrogen-bond acceptors (Lipinski definition) is 5. The van der Waals surface area contributed by atoms with Crippen molar-refractivity contribution in [2.24, 2.45) is 0 Å². The van der Waals surface area contributed by atoms with Crippen LogP contribution in [0.25, 0.3) is 11.0 Å². The standard InChI is InChI=1S/C14H16N2O4/c17-14(18)13-11(9-15-16-5-7-19-8-6-16)10-3-1-2-4-12(10)20-13/h1-4,15H,5-9H2,(H,17,18). The Morgan fingerprint density at radius 3 is 2.80 bits per heavy atom. The van der Waals surface area contributed by atoms with Gasteiger partial charge in [-0.1, -0.05) is 18.2 Å². The first-order chi connectivity index (χ1) is 9.75. The molecule has 1 aliphatic rings. The van der Waals surface area contributed by atoms with E-state index in [1.54, 1.807) is 6.07 Å². The summed E-state index contributed by atoms with van der Waals surface area (Å²) < 4.78 is 10.7. The van der Waals surface area contributed by atoms with Crippen LogP contribution in [0, 0.1) is 0 Å². The van der Waals surface area contributed by atoms with Crippen molar-refractivity contribution in [3.05, 3.63) is 35.6 Å². The number of nitrogens with one attached hydrogen (secondary N) is 1. The summed E-state index contributed by atoms with van der Waals surface area (Å²) in [5.74, 6) is -1.04. The zero-order valence-electron chi connectivity index (χ0n) is 11.0. The first-order valence-corrected chi connectivity index (χ1v) is 6.55. The van der Waals surface area contributed by atoms with Gasteiger partial charge in [0.25, 0.3) is 0 Å². The highest BCUT2D eigenvalue weighted by Crippen LogP contribution is 2.25. The van der Waals surface area contributed by atoms with E-state index in [-0.39, 0.29) is 5.76 Å². The van der Waals surface area contributed by atoms with Crippen LogP contribution < -0.4 is 5.43 Å². The number of hydrogen-bond donors (Lipinski definition) is 2. The number of carbonyl (C=O) groups is 1. The number of ether oxygens (including phenoxy) is 1.